The molecule has 2 heteroatoms. The summed E-state index contributed by atoms with van der Waals surface area (Å²) in [5.41, 5.74) is 1.43. The highest BCUT2D eigenvalue weighted by Gasteiger charge is 2.13. The van der Waals surface area contributed by atoms with Crippen molar-refractivity contribution >= 4 is 15.9 Å². The van der Waals surface area contributed by atoms with Crippen molar-refractivity contribution in [3.63, 3.8) is 0 Å². The first-order valence-electron chi connectivity index (χ1n) is 5.33. The van der Waals surface area contributed by atoms with E-state index in [0.717, 1.165) is 6.04 Å². The highest BCUT2D eigenvalue weighted by molar-refractivity contribution is 9.10. The topological polar surface area (TPSA) is 12.0 Å². The summed E-state index contributed by atoms with van der Waals surface area (Å²) in [6.45, 7) is 1.21. The van der Waals surface area contributed by atoms with Gasteiger partial charge in [0.2, 0.25) is 0 Å². The van der Waals surface area contributed by atoms with Gasteiger partial charge in [-0.15, -0.1) is 0 Å². The van der Waals surface area contributed by atoms with E-state index >= 15 is 0 Å². The summed E-state index contributed by atoms with van der Waals surface area (Å²) in [5, 5.41) is 3.53. The number of nitrogens with one attached hydrogen (secondary N) is 1. The molecule has 1 saturated heterocycles. The van der Waals surface area contributed by atoms with Crippen molar-refractivity contribution in [3.05, 3.63) is 34.3 Å². The first-order valence-corrected chi connectivity index (χ1v) is 6.12. The molecule has 0 amide bonds. The first-order chi connectivity index (χ1) is 6.86. The van der Waals surface area contributed by atoms with E-state index in [1.54, 1.807) is 0 Å². The summed E-state index contributed by atoms with van der Waals surface area (Å²) in [6, 6.07) is 9.27. The molecule has 1 aliphatic heterocycles. The van der Waals surface area contributed by atoms with Crippen LogP contribution in [0, 0.1) is 0 Å². The number of aryl methyl sites for hydroxylation is 1. The quantitative estimate of drug-likeness (QED) is 0.873. The fourth-order valence-corrected chi connectivity index (χ4v) is 2.52. The molecule has 0 bridgehead atoms. The van der Waals surface area contributed by atoms with Gasteiger partial charge < -0.3 is 5.32 Å². The van der Waals surface area contributed by atoms with Crippen LogP contribution in [0.25, 0.3) is 0 Å². The Morgan fingerprint density at radius 3 is 2.93 bits per heavy atom. The lowest BCUT2D eigenvalue weighted by Crippen LogP contribution is -2.21. The number of halogens is 1. The van der Waals surface area contributed by atoms with Gasteiger partial charge in [0.15, 0.2) is 0 Å². The fourth-order valence-electron chi connectivity index (χ4n) is 2.03. The minimum atomic E-state index is 0.752. The maximum absolute atomic E-state index is 3.59. The Bertz CT molecular complexity index is 292. The Balaban J connectivity index is 1.88. The van der Waals surface area contributed by atoms with Crippen molar-refractivity contribution in [3.8, 4) is 0 Å². The molecule has 1 nitrogen and oxygen atoms in total. The molecular weight excluding hydrogens is 238 g/mol. The lowest BCUT2D eigenvalue weighted by Gasteiger charge is -2.10. The summed E-state index contributed by atoms with van der Waals surface area (Å²) in [4.78, 5) is 0. The van der Waals surface area contributed by atoms with Gasteiger partial charge in [0.25, 0.3) is 0 Å². The van der Waals surface area contributed by atoms with Crippen LogP contribution in [0.3, 0.4) is 0 Å². The molecule has 1 aromatic carbocycles. The summed E-state index contributed by atoms with van der Waals surface area (Å²) >= 11 is 3.59. The van der Waals surface area contributed by atoms with Crippen LogP contribution in [0.2, 0.25) is 0 Å². The van der Waals surface area contributed by atoms with Gasteiger partial charge in [-0.3, -0.25) is 0 Å². The lowest BCUT2D eigenvalue weighted by atomic mass is 10.0. The summed E-state index contributed by atoms with van der Waals surface area (Å²) in [7, 11) is 0. The maximum atomic E-state index is 3.59. The number of benzene rings is 1. The van der Waals surface area contributed by atoms with Crippen molar-refractivity contribution in [1.29, 1.82) is 0 Å². The normalized spacial score (nSPS) is 21.4. The van der Waals surface area contributed by atoms with Gasteiger partial charge in [-0.2, -0.15) is 0 Å². The third-order valence-electron chi connectivity index (χ3n) is 2.88. The number of hydrogen-bond donors (Lipinski definition) is 1. The molecule has 0 aliphatic carbocycles. The van der Waals surface area contributed by atoms with E-state index in [2.05, 4.69) is 45.5 Å². The highest BCUT2D eigenvalue weighted by Crippen LogP contribution is 2.19. The molecule has 0 saturated carbocycles. The molecule has 1 atom stereocenters. The SMILES string of the molecule is Brc1ccccc1CCC1CCCN1. The van der Waals surface area contributed by atoms with Crippen LogP contribution in [-0.2, 0) is 6.42 Å². The molecule has 0 radical (unpaired) electrons. The zero-order valence-corrected chi connectivity index (χ0v) is 9.89. The van der Waals surface area contributed by atoms with E-state index in [1.807, 2.05) is 0 Å². The van der Waals surface area contributed by atoms with Crippen molar-refractivity contribution in [2.24, 2.45) is 0 Å². The average Bonchev–Trinajstić information content (AvgIpc) is 2.69. The van der Waals surface area contributed by atoms with Crippen LogP contribution in [-0.4, -0.2) is 12.6 Å². The Morgan fingerprint density at radius 2 is 2.21 bits per heavy atom. The highest BCUT2D eigenvalue weighted by atomic mass is 79.9. The van der Waals surface area contributed by atoms with E-state index in [4.69, 9.17) is 0 Å². The second-order valence-corrected chi connectivity index (χ2v) is 4.78. The van der Waals surface area contributed by atoms with Gasteiger partial charge in [-0.25, -0.2) is 0 Å². The lowest BCUT2D eigenvalue weighted by molar-refractivity contribution is 0.559. The zero-order valence-electron chi connectivity index (χ0n) is 8.30. The molecule has 0 spiro atoms. The third kappa shape index (κ3) is 2.58. The van der Waals surface area contributed by atoms with Crippen LogP contribution >= 0.6 is 15.9 Å². The van der Waals surface area contributed by atoms with Gasteiger partial charge >= 0.3 is 0 Å². The van der Waals surface area contributed by atoms with Crippen molar-refractivity contribution in [2.45, 2.75) is 31.7 Å². The molecule has 1 aromatic rings. The van der Waals surface area contributed by atoms with Gasteiger partial charge in [0.1, 0.15) is 0 Å². The van der Waals surface area contributed by atoms with E-state index < -0.39 is 0 Å². The van der Waals surface area contributed by atoms with Crippen LogP contribution < -0.4 is 5.32 Å². The minimum absolute atomic E-state index is 0.752. The van der Waals surface area contributed by atoms with Gasteiger partial charge in [0.05, 0.1) is 0 Å². The van der Waals surface area contributed by atoms with Crippen LogP contribution in [0.4, 0.5) is 0 Å². The smallest absolute Gasteiger partial charge is 0.0207 e. The maximum Gasteiger partial charge on any atom is 0.0207 e. The molecule has 1 fully saturated rings. The first kappa shape index (κ1) is 10.2. The Kier molecular flexibility index (Phi) is 3.60. The largest absolute Gasteiger partial charge is 0.314 e. The Hall–Kier alpha value is -0.340. The number of hydrogen-bond acceptors (Lipinski definition) is 1. The second-order valence-electron chi connectivity index (χ2n) is 3.92. The van der Waals surface area contributed by atoms with E-state index in [1.165, 1.54) is 42.3 Å². The second kappa shape index (κ2) is 4.94. The molecule has 0 aromatic heterocycles. The predicted octanol–water partition coefficient (Wildman–Crippen LogP) is 3.13. The molecule has 1 heterocycles. The molecule has 1 aliphatic rings. The third-order valence-corrected chi connectivity index (χ3v) is 3.66. The summed E-state index contributed by atoms with van der Waals surface area (Å²) in [6.07, 6.45) is 5.15. The standard InChI is InChI=1S/C12H16BrN/c13-12-6-2-1-4-10(12)7-8-11-5-3-9-14-11/h1-2,4,6,11,14H,3,5,7-9H2. The molecule has 76 valence electrons. The fraction of sp³-hybridized carbons (Fsp3) is 0.500. The monoisotopic (exact) mass is 253 g/mol. The molecule has 14 heavy (non-hydrogen) atoms. The minimum Gasteiger partial charge on any atom is -0.314 e. The molecule has 1 unspecified atom stereocenters. The van der Waals surface area contributed by atoms with Crippen LogP contribution in [0.5, 0.6) is 0 Å². The number of rotatable bonds is 3. The van der Waals surface area contributed by atoms with Gasteiger partial charge in [-0.05, 0) is 43.9 Å². The average molecular weight is 254 g/mol. The molecule has 2 rings (SSSR count). The Morgan fingerprint density at radius 1 is 1.36 bits per heavy atom. The molecular formula is C12H16BrN. The Labute approximate surface area is 94.0 Å². The van der Waals surface area contributed by atoms with Gasteiger partial charge in [-0.1, -0.05) is 34.1 Å². The van der Waals surface area contributed by atoms with Crippen molar-refractivity contribution < 1.29 is 0 Å². The molecule has 1 N–H and O–H groups in total. The van der Waals surface area contributed by atoms with Gasteiger partial charge in [0, 0.05) is 10.5 Å². The van der Waals surface area contributed by atoms with Crippen molar-refractivity contribution in [2.75, 3.05) is 6.54 Å². The summed E-state index contributed by atoms with van der Waals surface area (Å²) in [5.74, 6) is 0. The van der Waals surface area contributed by atoms with E-state index in [0.29, 0.717) is 0 Å². The van der Waals surface area contributed by atoms with Crippen LogP contribution in [0.15, 0.2) is 28.7 Å². The van der Waals surface area contributed by atoms with E-state index in [-0.39, 0.29) is 0 Å². The van der Waals surface area contributed by atoms with E-state index in [9.17, 15) is 0 Å². The predicted molar refractivity (Wildman–Crippen MR) is 63.5 cm³/mol. The zero-order chi connectivity index (χ0) is 9.80. The van der Waals surface area contributed by atoms with Crippen LogP contribution in [0.1, 0.15) is 24.8 Å². The summed E-state index contributed by atoms with van der Waals surface area (Å²) < 4.78 is 1.25. The van der Waals surface area contributed by atoms with Crippen molar-refractivity contribution in [1.82, 2.24) is 5.32 Å².